The maximum atomic E-state index is 13.3. The van der Waals surface area contributed by atoms with Gasteiger partial charge in [-0.1, -0.05) is 34.1 Å². The third kappa shape index (κ3) is 7.39. The lowest BCUT2D eigenvalue weighted by Crippen LogP contribution is -2.39. The Bertz CT molecular complexity index is 1280. The normalized spacial score (nSPS) is 11.1. The minimum atomic E-state index is -4.00. The molecule has 0 aliphatic carbocycles. The third-order valence-corrected chi connectivity index (χ3v) is 6.92. The van der Waals surface area contributed by atoms with E-state index in [1.807, 2.05) is 0 Å². The van der Waals surface area contributed by atoms with Gasteiger partial charge in [-0.15, -0.1) is 0 Å². The summed E-state index contributed by atoms with van der Waals surface area (Å²) in [5.74, 6) is -0.653. The van der Waals surface area contributed by atoms with E-state index in [9.17, 15) is 18.0 Å². The van der Waals surface area contributed by atoms with Gasteiger partial charge in [0.15, 0.2) is 6.61 Å². The number of nitrogens with zero attached hydrogens (tertiary/aromatic N) is 2. The van der Waals surface area contributed by atoms with Crippen LogP contribution in [0.2, 0.25) is 0 Å². The zero-order valence-electron chi connectivity index (χ0n) is 18.6. The molecule has 0 spiro atoms. The number of hydrogen-bond donors (Lipinski definition) is 1. The zero-order chi connectivity index (χ0) is 25.3. The molecule has 3 aromatic carbocycles. The van der Waals surface area contributed by atoms with Crippen molar-refractivity contribution < 1.29 is 27.5 Å². The first-order valence-electron chi connectivity index (χ1n) is 10.2. The fraction of sp³-hybridized carbons (Fsp3) is 0.125. The quantitative estimate of drug-likeness (QED) is 0.231. The van der Waals surface area contributed by atoms with Crippen molar-refractivity contribution in [3.8, 4) is 5.75 Å². The number of anilines is 1. The average molecular weight is 560 g/mol. The van der Waals surface area contributed by atoms with E-state index in [1.54, 1.807) is 66.7 Å². The monoisotopic (exact) mass is 559 g/mol. The summed E-state index contributed by atoms with van der Waals surface area (Å²) in [6, 6.07) is 21.1. The summed E-state index contributed by atoms with van der Waals surface area (Å²) in [5.41, 5.74) is 3.33. The van der Waals surface area contributed by atoms with E-state index in [2.05, 4.69) is 31.2 Å². The SMILES string of the molecule is COC(=O)COc1ccc(/C=N\NC(=O)CN(c2ccc(Br)cc2)S(=O)(=O)c2ccccc2)cc1. The highest BCUT2D eigenvalue weighted by atomic mass is 79.9. The van der Waals surface area contributed by atoms with Crippen LogP contribution in [0.4, 0.5) is 5.69 Å². The standard InChI is InChI=1S/C24H22BrN3O6S/c1-33-24(30)17-34-21-13-7-18(8-14-21)15-26-27-23(29)16-28(20-11-9-19(25)10-12-20)35(31,32)22-5-3-2-4-6-22/h2-15H,16-17H2,1H3,(H,27,29)/b26-15-. The van der Waals surface area contributed by atoms with Gasteiger partial charge in [0.1, 0.15) is 12.3 Å². The van der Waals surface area contributed by atoms with Crippen molar-refractivity contribution in [2.75, 3.05) is 24.6 Å². The molecule has 0 bridgehead atoms. The lowest BCUT2D eigenvalue weighted by Gasteiger charge is -2.23. The average Bonchev–Trinajstić information content (AvgIpc) is 2.87. The molecule has 35 heavy (non-hydrogen) atoms. The predicted octanol–water partition coefficient (Wildman–Crippen LogP) is 3.35. The topological polar surface area (TPSA) is 114 Å². The number of carbonyl (C=O) groups excluding carboxylic acids is 2. The first kappa shape index (κ1) is 25.9. The van der Waals surface area contributed by atoms with Crippen molar-refractivity contribution in [2.24, 2.45) is 5.10 Å². The molecular weight excluding hydrogens is 538 g/mol. The second kappa shape index (κ2) is 12.1. The Kier molecular flexibility index (Phi) is 8.98. The highest BCUT2D eigenvalue weighted by Gasteiger charge is 2.27. The highest BCUT2D eigenvalue weighted by molar-refractivity contribution is 9.10. The van der Waals surface area contributed by atoms with Crippen LogP contribution in [-0.2, 0) is 24.3 Å². The fourth-order valence-electron chi connectivity index (χ4n) is 2.84. The van der Waals surface area contributed by atoms with Gasteiger partial charge >= 0.3 is 5.97 Å². The Morgan fingerprint density at radius 1 is 1.00 bits per heavy atom. The molecule has 182 valence electrons. The molecule has 0 radical (unpaired) electrons. The number of methoxy groups -OCH3 is 1. The van der Waals surface area contributed by atoms with Gasteiger partial charge in [-0.2, -0.15) is 5.10 Å². The summed E-state index contributed by atoms with van der Waals surface area (Å²) in [7, 11) is -2.73. The van der Waals surface area contributed by atoms with E-state index in [0.717, 1.165) is 8.78 Å². The number of carbonyl (C=O) groups is 2. The van der Waals surface area contributed by atoms with Gasteiger partial charge in [0.2, 0.25) is 0 Å². The smallest absolute Gasteiger partial charge is 0.343 e. The molecule has 0 aliphatic heterocycles. The van der Waals surface area contributed by atoms with Gasteiger partial charge in [-0.05, 0) is 66.2 Å². The van der Waals surface area contributed by atoms with Gasteiger partial charge in [0.05, 0.1) is 23.9 Å². The second-order valence-electron chi connectivity index (χ2n) is 7.03. The number of benzene rings is 3. The van der Waals surface area contributed by atoms with E-state index in [-0.39, 0.29) is 11.5 Å². The van der Waals surface area contributed by atoms with Crippen molar-refractivity contribution in [2.45, 2.75) is 4.90 Å². The molecule has 0 aliphatic rings. The molecule has 0 fully saturated rings. The number of rotatable bonds is 10. The van der Waals surface area contributed by atoms with Crippen molar-refractivity contribution in [3.05, 3.63) is 88.9 Å². The van der Waals surface area contributed by atoms with E-state index in [1.165, 1.54) is 25.5 Å². The first-order valence-corrected chi connectivity index (χ1v) is 12.5. The molecule has 0 unspecified atom stereocenters. The number of halogens is 1. The maximum Gasteiger partial charge on any atom is 0.343 e. The number of nitrogens with one attached hydrogen (secondary N) is 1. The minimum Gasteiger partial charge on any atom is -0.482 e. The Balaban J connectivity index is 1.68. The van der Waals surface area contributed by atoms with Crippen molar-refractivity contribution in [3.63, 3.8) is 0 Å². The third-order valence-electron chi connectivity index (χ3n) is 4.60. The molecule has 0 saturated heterocycles. The van der Waals surface area contributed by atoms with Crippen LogP contribution < -0.4 is 14.5 Å². The number of hydrogen-bond acceptors (Lipinski definition) is 7. The Morgan fingerprint density at radius 2 is 1.66 bits per heavy atom. The summed E-state index contributed by atoms with van der Waals surface area (Å²) >= 11 is 3.33. The second-order valence-corrected chi connectivity index (χ2v) is 9.81. The van der Waals surface area contributed by atoms with Gasteiger partial charge in [0, 0.05) is 4.47 Å². The predicted molar refractivity (Wildman–Crippen MR) is 135 cm³/mol. The summed E-state index contributed by atoms with van der Waals surface area (Å²) in [5, 5.41) is 3.91. The molecule has 3 rings (SSSR count). The van der Waals surface area contributed by atoms with Crippen LogP contribution in [0.1, 0.15) is 5.56 Å². The summed E-state index contributed by atoms with van der Waals surface area (Å²) in [6.45, 7) is -0.683. The maximum absolute atomic E-state index is 13.3. The van der Waals surface area contributed by atoms with Crippen molar-refractivity contribution in [1.82, 2.24) is 5.43 Å². The lowest BCUT2D eigenvalue weighted by atomic mass is 10.2. The van der Waals surface area contributed by atoms with E-state index < -0.39 is 28.4 Å². The van der Waals surface area contributed by atoms with Crippen LogP contribution >= 0.6 is 15.9 Å². The van der Waals surface area contributed by atoms with Gasteiger partial charge < -0.3 is 9.47 Å². The van der Waals surface area contributed by atoms with Crippen LogP contribution in [0.3, 0.4) is 0 Å². The molecule has 1 amide bonds. The lowest BCUT2D eigenvalue weighted by molar-refractivity contribution is -0.142. The number of hydrazone groups is 1. The number of ether oxygens (including phenoxy) is 2. The van der Waals surface area contributed by atoms with Crippen LogP contribution in [-0.4, -0.2) is 46.8 Å². The van der Waals surface area contributed by atoms with E-state index >= 15 is 0 Å². The van der Waals surface area contributed by atoms with E-state index in [4.69, 9.17) is 4.74 Å². The van der Waals surface area contributed by atoms with Crippen molar-refractivity contribution in [1.29, 1.82) is 0 Å². The molecule has 1 N–H and O–H groups in total. The minimum absolute atomic E-state index is 0.0636. The molecule has 0 atom stereocenters. The van der Waals surface area contributed by atoms with Gasteiger partial charge in [-0.25, -0.2) is 18.6 Å². The Morgan fingerprint density at radius 3 is 2.29 bits per heavy atom. The number of esters is 1. The zero-order valence-corrected chi connectivity index (χ0v) is 21.0. The molecule has 11 heteroatoms. The molecule has 0 aromatic heterocycles. The van der Waals surface area contributed by atoms with Crippen molar-refractivity contribution >= 4 is 49.7 Å². The largest absolute Gasteiger partial charge is 0.482 e. The van der Waals surface area contributed by atoms with Crippen LogP contribution in [0, 0.1) is 0 Å². The van der Waals surface area contributed by atoms with Gasteiger partial charge in [-0.3, -0.25) is 9.10 Å². The molecule has 3 aromatic rings. The van der Waals surface area contributed by atoms with E-state index in [0.29, 0.717) is 17.0 Å². The van der Waals surface area contributed by atoms with Crippen LogP contribution in [0.5, 0.6) is 5.75 Å². The Hall–Kier alpha value is -3.70. The van der Waals surface area contributed by atoms with Crippen LogP contribution in [0.15, 0.2) is 93.3 Å². The summed E-state index contributed by atoms with van der Waals surface area (Å²) in [6.07, 6.45) is 1.40. The number of amides is 1. The Labute approximate surface area is 211 Å². The molecule has 9 nitrogen and oxygen atoms in total. The summed E-state index contributed by atoms with van der Waals surface area (Å²) < 4.78 is 38.1. The molecular formula is C24H22BrN3O6S. The molecule has 0 saturated carbocycles. The fourth-order valence-corrected chi connectivity index (χ4v) is 4.54. The van der Waals surface area contributed by atoms with Gasteiger partial charge in [0.25, 0.3) is 15.9 Å². The summed E-state index contributed by atoms with van der Waals surface area (Å²) in [4.78, 5) is 23.8. The highest BCUT2D eigenvalue weighted by Crippen LogP contribution is 2.25. The first-order chi connectivity index (χ1) is 16.8. The van der Waals surface area contributed by atoms with Crippen LogP contribution in [0.25, 0.3) is 0 Å². The molecule has 0 heterocycles. The number of sulfonamides is 1.